The first-order chi connectivity index (χ1) is 10.0. The van der Waals surface area contributed by atoms with Gasteiger partial charge in [0.2, 0.25) is 0 Å². The lowest BCUT2D eigenvalue weighted by Crippen LogP contribution is -2.44. The summed E-state index contributed by atoms with van der Waals surface area (Å²) in [4.78, 5) is 11.9. The van der Waals surface area contributed by atoms with Gasteiger partial charge in [-0.15, -0.1) is 0 Å². The van der Waals surface area contributed by atoms with Crippen LogP contribution in [0.3, 0.4) is 0 Å². The number of urea groups is 1. The van der Waals surface area contributed by atoms with E-state index in [2.05, 4.69) is 26.6 Å². The molecule has 1 saturated heterocycles. The van der Waals surface area contributed by atoms with Crippen LogP contribution in [0.5, 0.6) is 0 Å². The van der Waals surface area contributed by atoms with Crippen molar-refractivity contribution >= 4 is 22.0 Å². The van der Waals surface area contributed by atoms with Gasteiger partial charge in [-0.05, 0) is 25.0 Å². The quantitative estimate of drug-likeness (QED) is 0.755. The molecular weight excluding hydrogens is 336 g/mol. The summed E-state index contributed by atoms with van der Waals surface area (Å²) in [6, 6.07) is 5.78. The van der Waals surface area contributed by atoms with Crippen molar-refractivity contribution in [2.45, 2.75) is 19.9 Å². The van der Waals surface area contributed by atoms with Crippen molar-refractivity contribution in [3.8, 4) is 0 Å². The van der Waals surface area contributed by atoms with E-state index in [1.54, 1.807) is 0 Å². The van der Waals surface area contributed by atoms with Gasteiger partial charge in [0.05, 0.1) is 13.2 Å². The molecule has 2 amide bonds. The Labute approximate surface area is 133 Å². The summed E-state index contributed by atoms with van der Waals surface area (Å²) in [7, 11) is 0. The predicted molar refractivity (Wildman–Crippen MR) is 84.1 cm³/mol. The molecule has 1 fully saturated rings. The van der Waals surface area contributed by atoms with Crippen LogP contribution in [0.1, 0.15) is 17.5 Å². The molecule has 0 aliphatic carbocycles. The van der Waals surface area contributed by atoms with Crippen LogP contribution in [0.4, 0.5) is 4.79 Å². The van der Waals surface area contributed by atoms with Crippen LogP contribution in [0.25, 0.3) is 0 Å². The molecule has 116 valence electrons. The summed E-state index contributed by atoms with van der Waals surface area (Å²) in [5, 5.41) is 15.1. The predicted octanol–water partition coefficient (Wildman–Crippen LogP) is 1.96. The molecule has 3 N–H and O–H groups in total. The maximum atomic E-state index is 11.9. The van der Waals surface area contributed by atoms with E-state index >= 15 is 0 Å². The lowest BCUT2D eigenvalue weighted by Gasteiger charge is -2.24. The van der Waals surface area contributed by atoms with E-state index in [1.165, 1.54) is 0 Å². The number of benzene rings is 1. The van der Waals surface area contributed by atoms with Crippen LogP contribution < -0.4 is 10.6 Å². The SMILES string of the molecule is Cc1ccc(Br)c(CNC(=O)NCC2(CO)CCOC2)c1. The third-order valence-corrected chi connectivity index (χ3v) is 4.56. The highest BCUT2D eigenvalue weighted by molar-refractivity contribution is 9.10. The van der Waals surface area contributed by atoms with E-state index in [0.29, 0.717) is 26.3 Å². The second-order valence-electron chi connectivity index (χ2n) is 5.59. The fourth-order valence-electron chi connectivity index (χ4n) is 2.31. The van der Waals surface area contributed by atoms with E-state index in [4.69, 9.17) is 4.74 Å². The molecular formula is C15H21BrN2O3. The van der Waals surface area contributed by atoms with Gasteiger partial charge in [0, 0.05) is 29.6 Å². The number of carbonyl (C=O) groups excluding carboxylic acids is 1. The number of rotatable bonds is 5. The molecule has 21 heavy (non-hydrogen) atoms. The molecule has 1 aliphatic rings. The Morgan fingerprint density at radius 1 is 1.48 bits per heavy atom. The highest BCUT2D eigenvalue weighted by Gasteiger charge is 2.34. The van der Waals surface area contributed by atoms with E-state index < -0.39 is 0 Å². The Balaban J connectivity index is 1.81. The van der Waals surface area contributed by atoms with Gasteiger partial charge >= 0.3 is 6.03 Å². The average molecular weight is 357 g/mol. The highest BCUT2D eigenvalue weighted by atomic mass is 79.9. The van der Waals surface area contributed by atoms with E-state index in [9.17, 15) is 9.90 Å². The van der Waals surface area contributed by atoms with Crippen molar-refractivity contribution in [3.63, 3.8) is 0 Å². The number of hydrogen-bond donors (Lipinski definition) is 3. The van der Waals surface area contributed by atoms with Crippen LogP contribution >= 0.6 is 15.9 Å². The summed E-state index contributed by atoms with van der Waals surface area (Å²) in [5.41, 5.74) is 1.85. The number of aliphatic hydroxyl groups is 1. The minimum Gasteiger partial charge on any atom is -0.396 e. The van der Waals surface area contributed by atoms with Crippen molar-refractivity contribution in [2.75, 3.05) is 26.4 Å². The van der Waals surface area contributed by atoms with Gasteiger partial charge in [0.1, 0.15) is 0 Å². The summed E-state index contributed by atoms with van der Waals surface area (Å²) in [5.74, 6) is 0. The van der Waals surface area contributed by atoms with Gasteiger partial charge in [-0.2, -0.15) is 0 Å². The second-order valence-corrected chi connectivity index (χ2v) is 6.45. The fourth-order valence-corrected chi connectivity index (χ4v) is 2.70. The fraction of sp³-hybridized carbons (Fsp3) is 0.533. The average Bonchev–Trinajstić information content (AvgIpc) is 2.95. The lowest BCUT2D eigenvalue weighted by atomic mass is 9.88. The zero-order valence-electron chi connectivity index (χ0n) is 12.1. The van der Waals surface area contributed by atoms with Crippen LogP contribution in [-0.4, -0.2) is 37.5 Å². The van der Waals surface area contributed by atoms with E-state index in [-0.39, 0.29) is 18.1 Å². The van der Waals surface area contributed by atoms with Crippen molar-refractivity contribution in [3.05, 3.63) is 33.8 Å². The third kappa shape index (κ3) is 4.43. The maximum Gasteiger partial charge on any atom is 0.315 e. The molecule has 0 radical (unpaired) electrons. The summed E-state index contributed by atoms with van der Waals surface area (Å²) >= 11 is 3.47. The van der Waals surface area contributed by atoms with Gasteiger partial charge in [-0.3, -0.25) is 0 Å². The van der Waals surface area contributed by atoms with Crippen LogP contribution in [0.2, 0.25) is 0 Å². The molecule has 0 spiro atoms. The molecule has 1 aromatic rings. The molecule has 1 atom stereocenters. The number of halogens is 1. The first kappa shape index (κ1) is 16.3. The molecule has 0 saturated carbocycles. The van der Waals surface area contributed by atoms with E-state index in [1.807, 2.05) is 25.1 Å². The van der Waals surface area contributed by atoms with Crippen LogP contribution in [-0.2, 0) is 11.3 Å². The molecule has 5 nitrogen and oxygen atoms in total. The van der Waals surface area contributed by atoms with Gasteiger partial charge < -0.3 is 20.5 Å². The summed E-state index contributed by atoms with van der Waals surface area (Å²) in [6.45, 7) is 4.05. The Morgan fingerprint density at radius 3 is 2.95 bits per heavy atom. The highest BCUT2D eigenvalue weighted by Crippen LogP contribution is 2.26. The van der Waals surface area contributed by atoms with Gasteiger partial charge in [-0.25, -0.2) is 4.79 Å². The zero-order valence-corrected chi connectivity index (χ0v) is 13.7. The monoisotopic (exact) mass is 356 g/mol. The Bertz CT molecular complexity index is 502. The Kier molecular flexibility index (Phi) is 5.61. The topological polar surface area (TPSA) is 70.6 Å². The molecule has 0 aromatic heterocycles. The summed E-state index contributed by atoms with van der Waals surface area (Å²) in [6.07, 6.45) is 0.771. The molecule has 1 aromatic carbocycles. The molecule has 1 aliphatic heterocycles. The van der Waals surface area contributed by atoms with Crippen molar-refractivity contribution < 1.29 is 14.6 Å². The van der Waals surface area contributed by atoms with Crippen molar-refractivity contribution in [1.82, 2.24) is 10.6 Å². The van der Waals surface area contributed by atoms with Gasteiger partial charge in [0.15, 0.2) is 0 Å². The number of ether oxygens (including phenoxy) is 1. The number of carbonyl (C=O) groups is 1. The van der Waals surface area contributed by atoms with Gasteiger partial charge in [0.25, 0.3) is 0 Å². The minimum atomic E-state index is -0.332. The third-order valence-electron chi connectivity index (χ3n) is 3.78. The van der Waals surface area contributed by atoms with Crippen molar-refractivity contribution in [1.29, 1.82) is 0 Å². The minimum absolute atomic E-state index is 0.0245. The Morgan fingerprint density at radius 2 is 2.29 bits per heavy atom. The van der Waals surface area contributed by atoms with E-state index in [0.717, 1.165) is 22.0 Å². The first-order valence-corrected chi connectivity index (χ1v) is 7.79. The molecule has 1 unspecified atom stereocenters. The number of aliphatic hydroxyl groups excluding tert-OH is 1. The van der Waals surface area contributed by atoms with Gasteiger partial charge in [-0.1, -0.05) is 33.6 Å². The van der Waals surface area contributed by atoms with Crippen molar-refractivity contribution in [2.24, 2.45) is 5.41 Å². The smallest absolute Gasteiger partial charge is 0.315 e. The number of hydrogen-bond acceptors (Lipinski definition) is 3. The van der Waals surface area contributed by atoms with Crippen LogP contribution in [0, 0.1) is 12.3 Å². The second kappa shape index (κ2) is 7.24. The lowest BCUT2D eigenvalue weighted by molar-refractivity contribution is 0.0941. The normalized spacial score (nSPS) is 21.3. The first-order valence-electron chi connectivity index (χ1n) is 7.00. The molecule has 1 heterocycles. The molecule has 0 bridgehead atoms. The zero-order chi connectivity index (χ0) is 15.3. The number of nitrogens with one attached hydrogen (secondary N) is 2. The Hall–Kier alpha value is -1.11. The largest absolute Gasteiger partial charge is 0.396 e. The molecule has 6 heteroatoms. The number of amides is 2. The standard InChI is InChI=1S/C15H21BrN2O3/c1-11-2-3-13(16)12(6-11)7-17-14(20)18-8-15(9-19)4-5-21-10-15/h2-3,6,19H,4-5,7-10H2,1H3,(H2,17,18,20). The van der Waals surface area contributed by atoms with Crippen LogP contribution in [0.15, 0.2) is 22.7 Å². The summed E-state index contributed by atoms with van der Waals surface area (Å²) < 4.78 is 6.28. The maximum absolute atomic E-state index is 11.9. The molecule has 2 rings (SSSR count). The number of aryl methyl sites for hydroxylation is 1.